The summed E-state index contributed by atoms with van der Waals surface area (Å²) in [6.45, 7) is -0.523. The highest BCUT2D eigenvalue weighted by molar-refractivity contribution is 5.97. The molecule has 0 aliphatic heterocycles. The fraction of sp³-hybridized carbons (Fsp3) is 0.280. The zero-order chi connectivity index (χ0) is 29.2. The van der Waals surface area contributed by atoms with Crippen LogP contribution in [0, 0.1) is 10.8 Å². The highest BCUT2D eigenvalue weighted by Gasteiger charge is 2.41. The average molecular weight is 542 g/mol. The van der Waals surface area contributed by atoms with Crippen molar-refractivity contribution in [2.24, 2.45) is 11.5 Å². The molecule has 0 aliphatic rings. The number of carboxylic acids is 1. The van der Waals surface area contributed by atoms with Crippen LogP contribution in [-0.2, 0) is 32.1 Å². The van der Waals surface area contributed by atoms with Gasteiger partial charge in [0, 0.05) is 24.9 Å². The fourth-order valence-corrected chi connectivity index (χ4v) is 3.72. The zero-order valence-corrected chi connectivity index (χ0v) is 21.2. The van der Waals surface area contributed by atoms with Gasteiger partial charge in [0.05, 0.1) is 19.2 Å². The van der Waals surface area contributed by atoms with Crippen LogP contribution in [0.5, 0.6) is 5.75 Å². The van der Waals surface area contributed by atoms with E-state index in [2.05, 4.69) is 20.7 Å². The van der Waals surface area contributed by atoms with E-state index in [9.17, 15) is 29.4 Å². The minimum Gasteiger partial charge on any atom is -0.507 e. The molecule has 0 saturated heterocycles. The largest absolute Gasteiger partial charge is 0.507 e. The molecule has 0 heterocycles. The van der Waals surface area contributed by atoms with E-state index in [1.54, 1.807) is 24.3 Å². The van der Waals surface area contributed by atoms with E-state index in [1.807, 2.05) is 0 Å². The standard InChI is InChI=1S/C25H31N7O7/c1-39-24(38)32-25(8-7-20(35)36,11-14-3-2-4-16(9-14)21(26)27)23(37)31-13-19(34)30-12-15-5-6-17(22(28)29)18(33)10-15/h2-6,9-10,33H,7-8,11-13H2,1H3,(H3,26,27)(H3,28,29)(H,30,34)(H,31,37)(H,32,38)(H,35,36). The van der Waals surface area contributed by atoms with Crippen LogP contribution < -0.4 is 27.4 Å². The molecule has 0 fully saturated rings. The van der Waals surface area contributed by atoms with Gasteiger partial charge in [-0.25, -0.2) is 4.79 Å². The third kappa shape index (κ3) is 8.73. The monoisotopic (exact) mass is 541 g/mol. The van der Waals surface area contributed by atoms with E-state index in [1.165, 1.54) is 18.2 Å². The highest BCUT2D eigenvalue weighted by Crippen LogP contribution is 2.22. The summed E-state index contributed by atoms with van der Waals surface area (Å²) >= 11 is 0. The summed E-state index contributed by atoms with van der Waals surface area (Å²) in [6.07, 6.45) is -2.00. The van der Waals surface area contributed by atoms with Crippen molar-refractivity contribution in [1.82, 2.24) is 16.0 Å². The van der Waals surface area contributed by atoms with E-state index in [0.29, 0.717) is 16.7 Å². The Labute approximate surface area is 223 Å². The second kappa shape index (κ2) is 13.4. The summed E-state index contributed by atoms with van der Waals surface area (Å²) in [6, 6.07) is 10.6. The number of amidine groups is 2. The molecular formula is C25H31N7O7. The Morgan fingerprint density at radius 3 is 2.31 bits per heavy atom. The maximum Gasteiger partial charge on any atom is 0.407 e. The molecule has 0 bridgehead atoms. The predicted molar refractivity (Wildman–Crippen MR) is 140 cm³/mol. The van der Waals surface area contributed by atoms with Gasteiger partial charge >= 0.3 is 12.1 Å². The van der Waals surface area contributed by atoms with Crippen LogP contribution in [0.4, 0.5) is 4.79 Å². The third-order valence-electron chi connectivity index (χ3n) is 5.72. The summed E-state index contributed by atoms with van der Waals surface area (Å²) in [5.41, 5.74) is 10.6. The van der Waals surface area contributed by atoms with Crippen molar-refractivity contribution >= 4 is 35.5 Å². The Morgan fingerprint density at radius 1 is 1.00 bits per heavy atom. The van der Waals surface area contributed by atoms with Crippen LogP contribution in [0.25, 0.3) is 0 Å². The maximum atomic E-state index is 13.4. The Bertz CT molecular complexity index is 1280. The van der Waals surface area contributed by atoms with Gasteiger partial charge in [0.1, 0.15) is 23.0 Å². The molecule has 208 valence electrons. The number of carboxylic acid groups (broad SMARTS) is 1. The number of aromatic hydroxyl groups is 1. The van der Waals surface area contributed by atoms with Crippen LogP contribution in [0.15, 0.2) is 42.5 Å². The van der Waals surface area contributed by atoms with Crippen molar-refractivity contribution in [3.8, 4) is 5.75 Å². The second-order valence-corrected chi connectivity index (χ2v) is 8.61. The number of rotatable bonds is 13. The van der Waals surface area contributed by atoms with E-state index in [-0.39, 0.29) is 42.4 Å². The number of carbonyl (C=O) groups excluding carboxylic acids is 3. The number of phenolic OH excluding ortho intramolecular Hbond substituents is 1. The van der Waals surface area contributed by atoms with Gasteiger partial charge in [0.25, 0.3) is 0 Å². The summed E-state index contributed by atoms with van der Waals surface area (Å²) in [5.74, 6) is -3.42. The Balaban J connectivity index is 2.21. The van der Waals surface area contributed by atoms with Crippen LogP contribution >= 0.6 is 0 Å². The molecule has 0 aromatic heterocycles. The zero-order valence-electron chi connectivity index (χ0n) is 21.2. The van der Waals surface area contributed by atoms with Gasteiger partial charge in [-0.05, 0) is 35.7 Å². The Hall–Kier alpha value is -5.14. The normalized spacial score (nSPS) is 11.9. The fourth-order valence-electron chi connectivity index (χ4n) is 3.72. The van der Waals surface area contributed by atoms with Gasteiger partial charge in [-0.2, -0.15) is 0 Å². The van der Waals surface area contributed by atoms with Crippen molar-refractivity contribution in [3.63, 3.8) is 0 Å². The predicted octanol–water partition coefficient (Wildman–Crippen LogP) is -0.105. The van der Waals surface area contributed by atoms with Crippen molar-refractivity contribution in [1.29, 1.82) is 10.8 Å². The van der Waals surface area contributed by atoms with Crippen molar-refractivity contribution in [3.05, 3.63) is 64.7 Å². The van der Waals surface area contributed by atoms with E-state index in [4.69, 9.17) is 22.3 Å². The number of nitrogens with one attached hydrogen (secondary N) is 5. The average Bonchev–Trinajstić information content (AvgIpc) is 2.88. The van der Waals surface area contributed by atoms with E-state index < -0.39 is 42.4 Å². The van der Waals surface area contributed by atoms with Crippen LogP contribution in [0.1, 0.15) is 35.1 Å². The maximum absolute atomic E-state index is 13.4. The summed E-state index contributed by atoms with van der Waals surface area (Å²) in [7, 11) is 1.08. The quantitative estimate of drug-likeness (QED) is 0.121. The van der Waals surface area contributed by atoms with Gasteiger partial charge in [-0.1, -0.05) is 24.3 Å². The topological polar surface area (TPSA) is 254 Å². The molecule has 0 spiro atoms. The molecule has 2 aromatic carbocycles. The number of benzene rings is 2. The molecule has 1 unspecified atom stereocenters. The summed E-state index contributed by atoms with van der Waals surface area (Å²) in [4.78, 5) is 49.4. The van der Waals surface area contributed by atoms with E-state index >= 15 is 0 Å². The lowest BCUT2D eigenvalue weighted by molar-refractivity contribution is -0.138. The number of hydrogen-bond donors (Lipinski definition) is 9. The summed E-state index contributed by atoms with van der Waals surface area (Å²) < 4.78 is 4.66. The molecule has 14 nitrogen and oxygen atoms in total. The molecular weight excluding hydrogens is 510 g/mol. The summed E-state index contributed by atoms with van der Waals surface area (Å²) in [5, 5.41) is 41.7. The van der Waals surface area contributed by atoms with Gasteiger partial charge in [-0.15, -0.1) is 0 Å². The molecule has 0 saturated carbocycles. The van der Waals surface area contributed by atoms with Crippen LogP contribution in [0.2, 0.25) is 0 Å². The van der Waals surface area contributed by atoms with Crippen molar-refractivity contribution < 1.29 is 34.1 Å². The third-order valence-corrected chi connectivity index (χ3v) is 5.72. The van der Waals surface area contributed by atoms with Gasteiger partial charge in [0.15, 0.2) is 0 Å². The molecule has 0 aliphatic carbocycles. The molecule has 0 radical (unpaired) electrons. The number of hydrogen-bond acceptors (Lipinski definition) is 8. The first kappa shape index (κ1) is 30.1. The lowest BCUT2D eigenvalue weighted by Gasteiger charge is -2.33. The molecule has 3 amide bonds. The van der Waals surface area contributed by atoms with Gasteiger partial charge in [-0.3, -0.25) is 25.2 Å². The van der Waals surface area contributed by atoms with Crippen molar-refractivity contribution in [2.45, 2.75) is 31.3 Å². The number of ether oxygens (including phenoxy) is 1. The van der Waals surface area contributed by atoms with Crippen LogP contribution in [-0.4, -0.2) is 65.0 Å². The van der Waals surface area contributed by atoms with Crippen LogP contribution in [0.3, 0.4) is 0 Å². The van der Waals surface area contributed by atoms with E-state index in [0.717, 1.165) is 7.11 Å². The molecule has 14 heteroatoms. The number of nitrogens with two attached hydrogens (primary N) is 2. The number of carbonyl (C=O) groups is 4. The molecule has 1 atom stereocenters. The Kier molecular flexibility index (Phi) is 10.4. The second-order valence-electron chi connectivity index (χ2n) is 8.61. The number of methoxy groups -OCH3 is 1. The first-order valence-corrected chi connectivity index (χ1v) is 11.6. The molecule has 39 heavy (non-hydrogen) atoms. The molecule has 11 N–H and O–H groups in total. The lowest BCUT2D eigenvalue weighted by atomic mass is 9.84. The number of nitrogen functional groups attached to an aromatic ring is 2. The molecule has 2 rings (SSSR count). The number of phenols is 1. The molecule has 2 aromatic rings. The smallest absolute Gasteiger partial charge is 0.407 e. The number of alkyl carbamates (subject to hydrolysis) is 1. The minimum atomic E-state index is -1.82. The number of amides is 3. The minimum absolute atomic E-state index is 0.0111. The first-order chi connectivity index (χ1) is 18.4. The lowest BCUT2D eigenvalue weighted by Crippen LogP contribution is -2.61. The SMILES string of the molecule is COC(=O)NC(CCC(=O)O)(Cc1cccc(C(=N)N)c1)C(=O)NCC(=O)NCc1ccc(C(=N)N)c(O)c1. The van der Waals surface area contributed by atoms with Gasteiger partial charge in [0.2, 0.25) is 11.8 Å². The van der Waals surface area contributed by atoms with Gasteiger partial charge < -0.3 is 42.4 Å². The van der Waals surface area contributed by atoms with Crippen molar-refractivity contribution in [2.75, 3.05) is 13.7 Å². The number of aliphatic carboxylic acids is 1. The first-order valence-electron chi connectivity index (χ1n) is 11.6. The Morgan fingerprint density at radius 2 is 1.72 bits per heavy atom. The highest BCUT2D eigenvalue weighted by atomic mass is 16.5.